The number of fused-ring (bicyclic) bond motifs is 1. The molecule has 1 atom stereocenters. The SMILES string of the molecule is Cc1cc2cc([C@@H](c3nnnn3C(C)(C)C)N3CCN(c4ccccc4)CC3)c(=O)[nH]c2cc1C. The van der Waals surface area contributed by atoms with Crippen LogP contribution in [0.4, 0.5) is 5.69 Å². The first-order chi connectivity index (χ1) is 16.7. The summed E-state index contributed by atoms with van der Waals surface area (Å²) in [6.45, 7) is 13.7. The van der Waals surface area contributed by atoms with Gasteiger partial charge in [0.1, 0.15) is 6.04 Å². The number of para-hydroxylation sites is 1. The average molecular weight is 472 g/mol. The van der Waals surface area contributed by atoms with E-state index in [9.17, 15) is 4.79 Å². The van der Waals surface area contributed by atoms with Crippen LogP contribution in [0.2, 0.25) is 0 Å². The molecular weight excluding hydrogens is 438 g/mol. The van der Waals surface area contributed by atoms with Gasteiger partial charge in [-0.1, -0.05) is 18.2 Å². The Morgan fingerprint density at radius 3 is 2.31 bits per heavy atom. The molecule has 8 nitrogen and oxygen atoms in total. The summed E-state index contributed by atoms with van der Waals surface area (Å²) in [5, 5.41) is 13.8. The average Bonchev–Trinajstić information content (AvgIpc) is 3.32. The van der Waals surface area contributed by atoms with Gasteiger partial charge in [-0.3, -0.25) is 9.69 Å². The van der Waals surface area contributed by atoms with Crippen molar-refractivity contribution in [3.05, 3.63) is 81.4 Å². The number of hydrogen-bond donors (Lipinski definition) is 1. The number of anilines is 1. The predicted octanol–water partition coefficient (Wildman–Crippen LogP) is 3.80. The number of tetrazole rings is 1. The molecule has 0 unspecified atom stereocenters. The lowest BCUT2D eigenvalue weighted by Crippen LogP contribution is -2.49. The molecule has 0 radical (unpaired) electrons. The second-order valence-corrected chi connectivity index (χ2v) is 10.5. The van der Waals surface area contributed by atoms with Gasteiger partial charge >= 0.3 is 0 Å². The zero-order valence-electron chi connectivity index (χ0n) is 21.1. The highest BCUT2D eigenvalue weighted by molar-refractivity contribution is 5.81. The molecule has 35 heavy (non-hydrogen) atoms. The molecule has 8 heteroatoms. The topological polar surface area (TPSA) is 82.9 Å². The second-order valence-electron chi connectivity index (χ2n) is 10.5. The van der Waals surface area contributed by atoms with Gasteiger partial charge < -0.3 is 9.88 Å². The van der Waals surface area contributed by atoms with E-state index >= 15 is 0 Å². The van der Waals surface area contributed by atoms with Crippen molar-refractivity contribution in [2.45, 2.75) is 46.2 Å². The molecule has 0 spiro atoms. The number of piperazine rings is 1. The summed E-state index contributed by atoms with van der Waals surface area (Å²) in [5.41, 5.74) is 4.69. The lowest BCUT2D eigenvalue weighted by Gasteiger charge is -2.40. The van der Waals surface area contributed by atoms with Crippen LogP contribution in [0.3, 0.4) is 0 Å². The van der Waals surface area contributed by atoms with Crippen molar-refractivity contribution >= 4 is 16.6 Å². The van der Waals surface area contributed by atoms with Crippen LogP contribution in [0.25, 0.3) is 10.9 Å². The van der Waals surface area contributed by atoms with Crippen LogP contribution in [-0.2, 0) is 5.54 Å². The number of pyridine rings is 1. The van der Waals surface area contributed by atoms with Crippen molar-refractivity contribution in [2.75, 3.05) is 31.1 Å². The summed E-state index contributed by atoms with van der Waals surface area (Å²) in [4.78, 5) is 21.3. The number of aromatic nitrogens is 5. The lowest BCUT2D eigenvalue weighted by molar-refractivity contribution is 0.190. The van der Waals surface area contributed by atoms with Gasteiger partial charge in [-0.2, -0.15) is 0 Å². The third-order valence-corrected chi connectivity index (χ3v) is 6.96. The maximum atomic E-state index is 13.5. The van der Waals surface area contributed by atoms with Crippen molar-refractivity contribution < 1.29 is 0 Å². The van der Waals surface area contributed by atoms with E-state index in [0.717, 1.165) is 42.6 Å². The minimum Gasteiger partial charge on any atom is -0.369 e. The molecule has 2 aromatic heterocycles. The van der Waals surface area contributed by atoms with Gasteiger partial charge in [-0.25, -0.2) is 4.68 Å². The van der Waals surface area contributed by atoms with Crippen LogP contribution in [-0.4, -0.2) is 56.3 Å². The third kappa shape index (κ3) is 4.46. The number of benzene rings is 2. The van der Waals surface area contributed by atoms with E-state index in [2.05, 4.69) is 95.3 Å². The largest absolute Gasteiger partial charge is 0.369 e. The number of nitrogens with one attached hydrogen (secondary N) is 1. The first-order valence-electron chi connectivity index (χ1n) is 12.2. The molecule has 5 rings (SSSR count). The van der Waals surface area contributed by atoms with Gasteiger partial charge in [0.2, 0.25) is 0 Å². The minimum atomic E-state index is -0.350. The number of nitrogens with zero attached hydrogens (tertiary/aromatic N) is 6. The highest BCUT2D eigenvalue weighted by Gasteiger charge is 2.35. The van der Waals surface area contributed by atoms with Gasteiger partial charge in [-0.05, 0) is 91.9 Å². The fraction of sp³-hybridized carbons (Fsp3) is 0.407. The summed E-state index contributed by atoms with van der Waals surface area (Å²) >= 11 is 0. The molecule has 0 amide bonds. The molecule has 1 fully saturated rings. The summed E-state index contributed by atoms with van der Waals surface area (Å²) < 4.78 is 1.85. The predicted molar refractivity (Wildman–Crippen MR) is 139 cm³/mol. The van der Waals surface area contributed by atoms with E-state index in [1.807, 2.05) is 22.9 Å². The van der Waals surface area contributed by atoms with Gasteiger partial charge in [0.05, 0.1) is 5.54 Å². The second kappa shape index (κ2) is 8.92. The highest BCUT2D eigenvalue weighted by atomic mass is 16.1. The van der Waals surface area contributed by atoms with E-state index < -0.39 is 0 Å². The van der Waals surface area contributed by atoms with Crippen LogP contribution in [0.15, 0.2) is 53.3 Å². The number of H-pyrrole nitrogens is 1. The number of rotatable bonds is 4. The Morgan fingerprint density at radius 1 is 0.943 bits per heavy atom. The van der Waals surface area contributed by atoms with Gasteiger partial charge in [0.15, 0.2) is 5.82 Å². The van der Waals surface area contributed by atoms with Gasteiger partial charge in [-0.15, -0.1) is 5.10 Å². The smallest absolute Gasteiger partial charge is 0.253 e. The Balaban J connectivity index is 1.58. The Labute approximate surface area is 205 Å². The van der Waals surface area contributed by atoms with Crippen LogP contribution in [0.5, 0.6) is 0 Å². The van der Waals surface area contributed by atoms with Crippen LogP contribution >= 0.6 is 0 Å². The van der Waals surface area contributed by atoms with Crippen molar-refractivity contribution in [3.8, 4) is 0 Å². The normalized spacial score (nSPS) is 16.1. The summed E-state index contributed by atoms with van der Waals surface area (Å²) in [6.07, 6.45) is 0. The first kappa shape index (κ1) is 23.2. The summed E-state index contributed by atoms with van der Waals surface area (Å²) in [7, 11) is 0. The fourth-order valence-electron chi connectivity index (χ4n) is 4.92. The molecule has 0 aliphatic carbocycles. The minimum absolute atomic E-state index is 0.0975. The van der Waals surface area contributed by atoms with Gasteiger partial charge in [0, 0.05) is 42.9 Å². The monoisotopic (exact) mass is 471 g/mol. The lowest BCUT2D eigenvalue weighted by atomic mass is 9.99. The zero-order chi connectivity index (χ0) is 24.7. The number of aryl methyl sites for hydroxylation is 2. The van der Waals surface area contributed by atoms with E-state index in [4.69, 9.17) is 0 Å². The molecule has 1 aliphatic rings. The summed E-state index contributed by atoms with van der Waals surface area (Å²) in [6, 6.07) is 16.3. The third-order valence-electron chi connectivity index (χ3n) is 6.96. The number of hydrogen-bond acceptors (Lipinski definition) is 6. The molecule has 1 aliphatic heterocycles. The number of aromatic amines is 1. The standard InChI is InChI=1S/C27H33N7O/c1-18-15-20-17-22(26(35)28-23(20)16-19(18)2)24(25-29-30-31-34(25)27(3,4)5)33-13-11-32(12-14-33)21-9-7-6-8-10-21/h6-10,15-17,24H,11-14H2,1-5H3,(H,28,35)/t24-/m0/s1. The Kier molecular flexibility index (Phi) is 5.92. The van der Waals surface area contributed by atoms with Crippen molar-refractivity contribution in [2.24, 2.45) is 0 Å². The van der Waals surface area contributed by atoms with Gasteiger partial charge in [0.25, 0.3) is 5.56 Å². The fourth-order valence-corrected chi connectivity index (χ4v) is 4.92. The Bertz CT molecular complexity index is 1390. The summed E-state index contributed by atoms with van der Waals surface area (Å²) in [5.74, 6) is 0.694. The molecule has 0 saturated carbocycles. The first-order valence-corrected chi connectivity index (χ1v) is 12.2. The van der Waals surface area contributed by atoms with E-state index in [1.54, 1.807) is 0 Å². The Hall–Kier alpha value is -3.52. The van der Waals surface area contributed by atoms with Crippen LogP contribution < -0.4 is 10.5 Å². The molecule has 4 aromatic rings. The molecule has 1 N–H and O–H groups in total. The molecule has 0 bridgehead atoms. The van der Waals surface area contributed by atoms with Crippen LogP contribution in [0.1, 0.15) is 49.3 Å². The highest BCUT2D eigenvalue weighted by Crippen LogP contribution is 2.31. The molecular formula is C27H33N7O. The molecule has 1 saturated heterocycles. The molecule has 182 valence electrons. The molecule has 2 aromatic carbocycles. The Morgan fingerprint density at radius 2 is 1.63 bits per heavy atom. The van der Waals surface area contributed by atoms with E-state index in [-0.39, 0.29) is 17.1 Å². The molecule has 3 heterocycles. The zero-order valence-corrected chi connectivity index (χ0v) is 21.1. The van der Waals surface area contributed by atoms with E-state index in [0.29, 0.717) is 11.4 Å². The van der Waals surface area contributed by atoms with Crippen molar-refractivity contribution in [3.63, 3.8) is 0 Å². The maximum absolute atomic E-state index is 13.5. The van der Waals surface area contributed by atoms with Crippen molar-refractivity contribution in [1.82, 2.24) is 30.1 Å². The maximum Gasteiger partial charge on any atom is 0.253 e. The van der Waals surface area contributed by atoms with E-state index in [1.165, 1.54) is 11.3 Å². The van der Waals surface area contributed by atoms with Crippen molar-refractivity contribution in [1.29, 1.82) is 0 Å². The quantitative estimate of drug-likeness (QED) is 0.488. The van der Waals surface area contributed by atoms with Crippen LogP contribution in [0, 0.1) is 13.8 Å².